The number of nitrogens with zero attached hydrogens (tertiary/aromatic N) is 1. The lowest BCUT2D eigenvalue weighted by molar-refractivity contribution is 0.100. The summed E-state index contributed by atoms with van der Waals surface area (Å²) in [4.78, 5) is 36.0. The maximum atomic E-state index is 11.7. The third kappa shape index (κ3) is 2.13. The molecule has 0 saturated heterocycles. The molecular weight excluding hydrogens is 250 g/mol. The average Bonchev–Trinajstić information content (AvgIpc) is 2.37. The normalized spacial score (nSPS) is 10.4. The number of nitrogens with two attached hydrogens (primary N) is 1. The fourth-order valence-corrected chi connectivity index (χ4v) is 1.63. The van der Waals surface area contributed by atoms with E-state index in [9.17, 15) is 19.5 Å². The number of benzene rings is 1. The SMILES string of the molecule is Cc1c(O)n(-c2ccc(C(N)=O)cc2)c(=O)[nH]c1=O. The second-order valence-corrected chi connectivity index (χ2v) is 3.95. The van der Waals surface area contributed by atoms with Gasteiger partial charge in [-0.3, -0.25) is 14.6 Å². The van der Waals surface area contributed by atoms with Crippen LogP contribution in [0.25, 0.3) is 5.69 Å². The first-order valence-corrected chi connectivity index (χ1v) is 5.37. The van der Waals surface area contributed by atoms with Gasteiger partial charge in [-0.05, 0) is 31.2 Å². The highest BCUT2D eigenvalue weighted by molar-refractivity contribution is 5.92. The van der Waals surface area contributed by atoms with E-state index >= 15 is 0 Å². The van der Waals surface area contributed by atoms with Gasteiger partial charge in [0.15, 0.2) is 0 Å². The standard InChI is InChI=1S/C12H11N3O4/c1-6-10(17)14-12(19)15(11(6)18)8-4-2-7(3-5-8)9(13)16/h2-5,18H,1H3,(H2,13,16)(H,14,17,19). The zero-order chi connectivity index (χ0) is 14.2. The topological polar surface area (TPSA) is 118 Å². The lowest BCUT2D eigenvalue weighted by Gasteiger charge is -2.09. The Balaban J connectivity index is 2.66. The molecule has 7 heteroatoms. The first kappa shape index (κ1) is 12.6. The highest BCUT2D eigenvalue weighted by atomic mass is 16.3. The summed E-state index contributed by atoms with van der Waals surface area (Å²) in [5.41, 5.74) is 4.31. The fraction of sp³-hybridized carbons (Fsp3) is 0.0833. The Morgan fingerprint density at radius 3 is 2.37 bits per heavy atom. The zero-order valence-electron chi connectivity index (χ0n) is 10.0. The van der Waals surface area contributed by atoms with Gasteiger partial charge in [-0.2, -0.15) is 0 Å². The van der Waals surface area contributed by atoms with Crippen LogP contribution in [0.5, 0.6) is 5.88 Å². The monoisotopic (exact) mass is 261 g/mol. The van der Waals surface area contributed by atoms with Gasteiger partial charge in [0.2, 0.25) is 11.8 Å². The van der Waals surface area contributed by atoms with Crippen LogP contribution in [0.2, 0.25) is 0 Å². The van der Waals surface area contributed by atoms with Crippen molar-refractivity contribution in [2.45, 2.75) is 6.92 Å². The van der Waals surface area contributed by atoms with Crippen molar-refractivity contribution in [3.8, 4) is 11.6 Å². The molecule has 1 aromatic carbocycles. The molecule has 0 bridgehead atoms. The van der Waals surface area contributed by atoms with Crippen LogP contribution in [-0.4, -0.2) is 20.6 Å². The summed E-state index contributed by atoms with van der Waals surface area (Å²) >= 11 is 0. The lowest BCUT2D eigenvalue weighted by Crippen LogP contribution is -2.30. The summed E-state index contributed by atoms with van der Waals surface area (Å²) in [6.07, 6.45) is 0. The average molecular weight is 261 g/mol. The molecule has 19 heavy (non-hydrogen) atoms. The van der Waals surface area contributed by atoms with Crippen LogP contribution in [0.4, 0.5) is 0 Å². The molecule has 0 aliphatic carbocycles. The van der Waals surface area contributed by atoms with Gasteiger partial charge in [0, 0.05) is 5.56 Å². The molecule has 0 fully saturated rings. The minimum absolute atomic E-state index is 0.0265. The molecule has 1 aromatic heterocycles. The van der Waals surface area contributed by atoms with Crippen LogP contribution in [-0.2, 0) is 0 Å². The number of nitrogens with one attached hydrogen (secondary N) is 1. The van der Waals surface area contributed by atoms with Crippen LogP contribution in [0.15, 0.2) is 33.9 Å². The summed E-state index contributed by atoms with van der Waals surface area (Å²) in [5, 5.41) is 9.84. The number of rotatable bonds is 2. The maximum absolute atomic E-state index is 11.7. The largest absolute Gasteiger partial charge is 0.494 e. The van der Waals surface area contributed by atoms with Crippen LogP contribution in [0.1, 0.15) is 15.9 Å². The molecule has 0 atom stereocenters. The van der Waals surface area contributed by atoms with Gasteiger partial charge in [0.1, 0.15) is 0 Å². The van der Waals surface area contributed by atoms with Crippen molar-refractivity contribution in [3.05, 3.63) is 56.2 Å². The molecule has 0 aliphatic heterocycles. The van der Waals surface area contributed by atoms with Crippen LogP contribution in [0.3, 0.4) is 0 Å². The van der Waals surface area contributed by atoms with E-state index in [1.807, 2.05) is 0 Å². The van der Waals surface area contributed by atoms with Crippen LogP contribution < -0.4 is 17.0 Å². The third-order valence-electron chi connectivity index (χ3n) is 2.72. The van der Waals surface area contributed by atoms with E-state index in [0.717, 1.165) is 4.57 Å². The van der Waals surface area contributed by atoms with E-state index in [0.29, 0.717) is 5.69 Å². The molecule has 98 valence electrons. The fourth-order valence-electron chi connectivity index (χ4n) is 1.63. The van der Waals surface area contributed by atoms with Gasteiger partial charge < -0.3 is 10.8 Å². The predicted molar refractivity (Wildman–Crippen MR) is 67.6 cm³/mol. The molecule has 0 saturated carbocycles. The Morgan fingerprint density at radius 2 is 1.84 bits per heavy atom. The second kappa shape index (κ2) is 4.45. The van der Waals surface area contributed by atoms with Crippen molar-refractivity contribution in [1.29, 1.82) is 0 Å². The molecule has 0 unspecified atom stereocenters. The number of aromatic amines is 1. The van der Waals surface area contributed by atoms with Crippen molar-refractivity contribution in [3.63, 3.8) is 0 Å². The van der Waals surface area contributed by atoms with Gasteiger partial charge in [-0.15, -0.1) is 0 Å². The number of primary amides is 1. The third-order valence-corrected chi connectivity index (χ3v) is 2.72. The highest BCUT2D eigenvalue weighted by Gasteiger charge is 2.12. The highest BCUT2D eigenvalue weighted by Crippen LogP contribution is 2.15. The van der Waals surface area contributed by atoms with Gasteiger partial charge in [-0.1, -0.05) is 0 Å². The summed E-state index contributed by atoms with van der Waals surface area (Å²) < 4.78 is 0.932. The maximum Gasteiger partial charge on any atom is 0.335 e. The Morgan fingerprint density at radius 1 is 1.26 bits per heavy atom. The van der Waals surface area contributed by atoms with Gasteiger partial charge in [0.05, 0.1) is 11.3 Å². The van der Waals surface area contributed by atoms with E-state index in [1.165, 1.54) is 31.2 Å². The summed E-state index contributed by atoms with van der Waals surface area (Å²) in [6, 6.07) is 5.73. The number of H-pyrrole nitrogens is 1. The quantitative estimate of drug-likeness (QED) is 0.683. The molecule has 2 aromatic rings. The molecule has 0 radical (unpaired) electrons. The van der Waals surface area contributed by atoms with Crippen molar-refractivity contribution >= 4 is 5.91 Å². The minimum atomic E-state index is -0.764. The van der Waals surface area contributed by atoms with Crippen molar-refractivity contribution < 1.29 is 9.90 Å². The van der Waals surface area contributed by atoms with E-state index < -0.39 is 23.0 Å². The van der Waals surface area contributed by atoms with Crippen LogP contribution >= 0.6 is 0 Å². The minimum Gasteiger partial charge on any atom is -0.494 e. The second-order valence-electron chi connectivity index (χ2n) is 3.95. The Hall–Kier alpha value is -2.83. The van der Waals surface area contributed by atoms with Gasteiger partial charge >= 0.3 is 5.69 Å². The van der Waals surface area contributed by atoms with E-state index in [1.54, 1.807) is 0 Å². The molecule has 0 spiro atoms. The number of hydrogen-bond donors (Lipinski definition) is 3. The lowest BCUT2D eigenvalue weighted by atomic mass is 10.2. The first-order valence-electron chi connectivity index (χ1n) is 5.37. The number of aromatic nitrogens is 2. The van der Waals surface area contributed by atoms with E-state index in [-0.39, 0.29) is 11.1 Å². The van der Waals surface area contributed by atoms with Crippen molar-refractivity contribution in [2.24, 2.45) is 5.73 Å². The summed E-state index contributed by atoms with van der Waals surface area (Å²) in [7, 11) is 0. The molecule has 4 N–H and O–H groups in total. The van der Waals surface area contributed by atoms with Gasteiger partial charge in [0.25, 0.3) is 5.56 Å². The smallest absolute Gasteiger partial charge is 0.335 e. The van der Waals surface area contributed by atoms with E-state index in [2.05, 4.69) is 4.98 Å². The molecule has 1 amide bonds. The Labute approximate surface area is 106 Å². The summed E-state index contributed by atoms with van der Waals surface area (Å²) in [5.74, 6) is -1.04. The number of amides is 1. The Kier molecular flexibility index (Phi) is 2.95. The molecule has 1 heterocycles. The van der Waals surface area contributed by atoms with Crippen LogP contribution in [0, 0.1) is 6.92 Å². The Bertz CT molecular complexity index is 756. The zero-order valence-corrected chi connectivity index (χ0v) is 10.0. The number of aromatic hydroxyl groups is 1. The number of carbonyl (C=O) groups excluding carboxylic acids is 1. The van der Waals surface area contributed by atoms with Crippen molar-refractivity contribution in [2.75, 3.05) is 0 Å². The van der Waals surface area contributed by atoms with Gasteiger partial charge in [-0.25, -0.2) is 9.36 Å². The molecule has 2 rings (SSSR count). The first-order chi connectivity index (χ1) is 8.91. The van der Waals surface area contributed by atoms with E-state index in [4.69, 9.17) is 5.73 Å². The molecule has 7 nitrogen and oxygen atoms in total. The summed E-state index contributed by atoms with van der Waals surface area (Å²) in [6.45, 7) is 1.39. The number of carbonyl (C=O) groups is 1. The molecule has 0 aliphatic rings. The predicted octanol–water partition coefficient (Wildman–Crippen LogP) is -0.361. The van der Waals surface area contributed by atoms with Crippen molar-refractivity contribution in [1.82, 2.24) is 9.55 Å². The number of hydrogen-bond acceptors (Lipinski definition) is 4. The molecular formula is C12H11N3O4.